The van der Waals surface area contributed by atoms with Crippen molar-refractivity contribution in [3.05, 3.63) is 110 Å². The van der Waals surface area contributed by atoms with E-state index in [2.05, 4.69) is 6.58 Å². The van der Waals surface area contributed by atoms with Crippen molar-refractivity contribution in [3.8, 4) is 0 Å². The van der Waals surface area contributed by atoms with Crippen LogP contribution in [0.4, 0.5) is 0 Å². The topological polar surface area (TPSA) is 602 Å². The largest absolute Gasteiger partial charge is 0.509 e. The van der Waals surface area contributed by atoms with Gasteiger partial charge < -0.3 is 136 Å². The summed E-state index contributed by atoms with van der Waals surface area (Å²) in [6.45, 7) is 12.5. The highest BCUT2D eigenvalue weighted by Gasteiger charge is 2.55. The molecule has 43 heteroatoms. The molecule has 12 fully saturated rings. The fourth-order valence-corrected chi connectivity index (χ4v) is 12.6. The number of carbonyl (C=O) groups excluding carboxylic acids is 10. The highest BCUT2D eigenvalue weighted by Crippen LogP contribution is 2.36. The number of carboxylic acids is 5. The molecule has 0 aromatic rings. The lowest BCUT2D eigenvalue weighted by Gasteiger charge is -2.16. The second-order valence-electron chi connectivity index (χ2n) is 26.5. The maximum Gasteiger partial charge on any atom is 0.331 e. The Bertz CT molecular complexity index is 3330. The number of carbonyl (C=O) groups is 15. The van der Waals surface area contributed by atoms with E-state index in [4.69, 9.17) is 125 Å². The third kappa shape index (κ3) is 29.0. The molecule has 12 rings (SSSR count). The van der Waals surface area contributed by atoms with Gasteiger partial charge in [0, 0.05) is 90.8 Å². The summed E-state index contributed by atoms with van der Waals surface area (Å²) in [5, 5.41) is 69.8. The van der Waals surface area contributed by atoms with Crippen LogP contribution in [0.25, 0.3) is 0 Å². The molecule has 0 saturated carbocycles. The van der Waals surface area contributed by atoms with E-state index in [-0.39, 0.29) is 94.6 Å². The minimum absolute atomic E-state index is 0.0312. The van der Waals surface area contributed by atoms with Crippen LogP contribution in [0.15, 0.2) is 110 Å². The summed E-state index contributed by atoms with van der Waals surface area (Å²) in [6, 6.07) is 0. The smallest absolute Gasteiger partial charge is 0.331 e. The molecule has 0 bridgehead atoms. The van der Waals surface area contributed by atoms with Gasteiger partial charge in [-0.05, 0) is 32.1 Å². The summed E-state index contributed by atoms with van der Waals surface area (Å²) in [5.41, 5.74) is 0. The summed E-state index contributed by atoms with van der Waals surface area (Å²) in [6.07, 6.45) is 3.12. The Morgan fingerprint density at radius 3 is 0.612 bits per heavy atom. The highest BCUT2D eigenvalue weighted by molar-refractivity contribution is 5.96. The Hall–Kier alpha value is -10.7. The molecule has 8 N–H and O–H groups in total. The van der Waals surface area contributed by atoms with E-state index in [9.17, 15) is 82.1 Å². The Labute approximate surface area is 657 Å². The third-order valence-corrected chi connectivity index (χ3v) is 17.7. The quantitative estimate of drug-likeness (QED) is 0.0158. The zero-order valence-corrected chi connectivity index (χ0v) is 62.2. The SMILES string of the molecule is C=C(O)/C=C\C(=O)O[C@H]1CO[C@H]2[C@@H]1OC[C@@H]2OC(=O)/C=C\C(=O)O.CC(=O)/C=C/C(=O)O[C@H]1CO[C@H]2[C@@H]1OC[C@@H]2O.CC(=O)/C=C/C(=O)O[C@H]1CO[C@H]2[C@@H]1OC[C@@H]2OC(=O)/C=C/C(=O)O.C[C@H]1CO[C@H]2[C@@H]1OC[C@@H]2OC(=O)/C=C/C(=O)O.C[C@H]1CO[C@H]2[C@@H]1OC[C@@H]2OC(=O)/C=C\C(=O)O.O=C(O)/C=C\C(=O)O[C@H]1CO[C@H]2[C@@H]1OC[C@@H]2O. The third-order valence-electron chi connectivity index (χ3n) is 17.7. The first-order valence-electron chi connectivity index (χ1n) is 35.4. The molecule has 636 valence electrons. The molecule has 43 nitrogen and oxygen atoms in total. The minimum Gasteiger partial charge on any atom is -0.509 e. The van der Waals surface area contributed by atoms with Crippen LogP contribution >= 0.6 is 0 Å². The van der Waals surface area contributed by atoms with Gasteiger partial charge in [-0.2, -0.15) is 0 Å². The minimum atomic E-state index is -1.27. The van der Waals surface area contributed by atoms with Crippen LogP contribution in [0, 0.1) is 11.8 Å². The summed E-state index contributed by atoms with van der Waals surface area (Å²) < 4.78 is 105. The predicted molar refractivity (Wildman–Crippen MR) is 371 cm³/mol. The number of aliphatic carboxylic acids is 5. The molecule has 0 amide bonds. The van der Waals surface area contributed by atoms with Crippen molar-refractivity contribution in [3.63, 3.8) is 0 Å². The second-order valence-corrected chi connectivity index (χ2v) is 26.5. The number of hydrogen-bond donors (Lipinski definition) is 8. The number of esters is 8. The van der Waals surface area contributed by atoms with Crippen LogP contribution in [0.2, 0.25) is 0 Å². The van der Waals surface area contributed by atoms with Crippen molar-refractivity contribution < 1.29 is 208 Å². The van der Waals surface area contributed by atoms with Gasteiger partial charge in [0.1, 0.15) is 79.0 Å². The summed E-state index contributed by atoms with van der Waals surface area (Å²) in [5.74, 6) is -12.2. The number of carboxylic acid groups (broad SMARTS) is 5. The number of allylic oxidation sites excluding steroid dienone is 3. The Morgan fingerprint density at radius 2 is 0.405 bits per heavy atom. The molecule has 12 saturated heterocycles. The number of ether oxygens (including phenoxy) is 20. The summed E-state index contributed by atoms with van der Waals surface area (Å²) in [7, 11) is 0. The van der Waals surface area contributed by atoms with Gasteiger partial charge in [0.2, 0.25) is 0 Å². The number of hydrogen-bond acceptors (Lipinski definition) is 38. The molecule has 12 aliphatic heterocycles. The molecule has 0 spiro atoms. The van der Waals surface area contributed by atoms with Gasteiger partial charge in [0.05, 0.1) is 91.5 Å². The average Bonchev–Trinajstić information content (AvgIpc) is 1.71. The van der Waals surface area contributed by atoms with Crippen molar-refractivity contribution in [2.24, 2.45) is 11.8 Å². The summed E-state index contributed by atoms with van der Waals surface area (Å²) >= 11 is 0. The van der Waals surface area contributed by atoms with Crippen LogP contribution in [0.1, 0.15) is 27.7 Å². The van der Waals surface area contributed by atoms with Crippen molar-refractivity contribution in [2.45, 2.75) is 162 Å². The second kappa shape index (κ2) is 45.0. The normalized spacial score (nSPS) is 33.1. The van der Waals surface area contributed by atoms with Crippen LogP contribution in [-0.4, -0.2) is 344 Å². The molecular formula is C73H86O43. The van der Waals surface area contributed by atoms with Gasteiger partial charge in [-0.3, -0.25) is 9.59 Å². The van der Waals surface area contributed by atoms with Gasteiger partial charge in [-0.15, -0.1) is 0 Å². The molecule has 12 heterocycles. The molecular weight excluding hydrogens is 1560 g/mol. The van der Waals surface area contributed by atoms with Crippen molar-refractivity contribution in [1.82, 2.24) is 0 Å². The van der Waals surface area contributed by atoms with Gasteiger partial charge in [0.15, 0.2) is 60.4 Å². The fraction of sp³-hybridized carbons (Fsp3) is 0.548. The molecule has 12 aliphatic rings. The Balaban J connectivity index is 0.000000194. The molecule has 0 aromatic carbocycles. The van der Waals surface area contributed by atoms with Gasteiger partial charge >= 0.3 is 77.6 Å². The van der Waals surface area contributed by atoms with E-state index >= 15 is 0 Å². The maximum atomic E-state index is 11.6. The van der Waals surface area contributed by atoms with E-state index in [0.717, 1.165) is 79.0 Å². The zero-order chi connectivity index (χ0) is 85.0. The van der Waals surface area contributed by atoms with Crippen LogP contribution in [0.3, 0.4) is 0 Å². The number of aliphatic hydroxyl groups is 3. The first-order valence-corrected chi connectivity index (χ1v) is 35.4. The number of aliphatic hydroxyl groups excluding tert-OH is 3. The Morgan fingerprint density at radius 1 is 0.241 bits per heavy atom. The predicted octanol–water partition coefficient (Wildman–Crippen LogP) is -2.89. The van der Waals surface area contributed by atoms with Crippen LogP contribution in [-0.2, 0) is 167 Å². The molecule has 116 heavy (non-hydrogen) atoms. The molecule has 24 atom stereocenters. The Kier molecular flexibility index (Phi) is 35.9. The number of fused-ring (bicyclic) bond motifs is 6. The summed E-state index contributed by atoms with van der Waals surface area (Å²) in [4.78, 5) is 164. The van der Waals surface area contributed by atoms with Gasteiger partial charge in [0.25, 0.3) is 0 Å². The van der Waals surface area contributed by atoms with E-state index in [0.29, 0.717) is 56.5 Å². The van der Waals surface area contributed by atoms with E-state index < -0.39 is 187 Å². The molecule has 0 unspecified atom stereocenters. The highest BCUT2D eigenvalue weighted by atomic mass is 16.7. The average molecular weight is 1650 g/mol. The number of rotatable bonds is 24. The lowest BCUT2D eigenvalue weighted by atomic mass is 10.0. The lowest BCUT2D eigenvalue weighted by Crippen LogP contribution is -2.35. The van der Waals surface area contributed by atoms with Gasteiger partial charge in [-0.1, -0.05) is 20.4 Å². The zero-order valence-electron chi connectivity index (χ0n) is 62.2. The van der Waals surface area contributed by atoms with E-state index in [1.54, 1.807) is 0 Å². The van der Waals surface area contributed by atoms with Crippen LogP contribution < -0.4 is 0 Å². The number of ketones is 2. The first-order chi connectivity index (χ1) is 55.0. The fourth-order valence-electron chi connectivity index (χ4n) is 12.6. The van der Waals surface area contributed by atoms with Crippen LogP contribution in [0.5, 0.6) is 0 Å². The van der Waals surface area contributed by atoms with E-state index in [1.165, 1.54) is 13.8 Å². The maximum absolute atomic E-state index is 11.6. The molecule has 0 aromatic heterocycles. The standard InChI is InChI=1S/2C15H16O9.3C11H14O6.C10H12O7/c2*1-8(16)2-4-12(19)23-9-6-21-15-10(7-22-14(9)15)24-13(20)5-3-11(17)18;2*1-6-4-15-11-7(5-16-10(6)11)17-9(14)3-2-8(12)13;1-6(12)2-3-9(14)17-8-5-16-10-7(13)4-15-11(8)10;11-5-3-15-10-6(4-16-9(5)10)17-8(14)2-1-7(12)13/h2-5,9-10,14-15H,6-7H2,1H3,(H,17,18);2-5,9-10,14-16H,1,6-7H2,(H,17,18);2*2-3,6-7,10-11H,4-5H2,1H3,(H,12,13);2-3,7-8,10-11,13H,4-5H2,1H3;1-2,5-6,9-11H,3-4H2,(H,12,13)/b4-2+,5-3+;4-2-,5-3-;3-2+;3-2-;3-2+;2-1-/t2*9-,10-,14+,15+;2*6-,7-,10+,11+;7-,8-,10+,11+;5-,6-,9+,10+/m000000/s1. The van der Waals surface area contributed by atoms with E-state index in [1.807, 2.05) is 13.8 Å². The van der Waals surface area contributed by atoms with Crippen molar-refractivity contribution in [2.75, 3.05) is 79.3 Å². The van der Waals surface area contributed by atoms with Crippen molar-refractivity contribution >= 4 is 89.2 Å². The van der Waals surface area contributed by atoms with Gasteiger partial charge in [-0.25, -0.2) is 62.3 Å². The van der Waals surface area contributed by atoms with Crippen molar-refractivity contribution in [1.29, 1.82) is 0 Å². The molecule has 0 aliphatic carbocycles. The first kappa shape index (κ1) is 92.5. The lowest BCUT2D eigenvalue weighted by molar-refractivity contribution is -0.150. The molecule has 0 radical (unpaired) electrons. The monoisotopic (exact) mass is 1650 g/mol.